The second-order valence-electron chi connectivity index (χ2n) is 5.31. The van der Waals surface area contributed by atoms with Gasteiger partial charge in [-0.2, -0.15) is 0 Å². The Kier molecular flexibility index (Phi) is 4.03. The molecule has 0 unspecified atom stereocenters. The Bertz CT molecular complexity index is 596. The lowest BCUT2D eigenvalue weighted by Gasteiger charge is -2.32. The number of fused-ring (bicyclic) bond motifs is 1. The predicted octanol–water partition coefficient (Wildman–Crippen LogP) is 2.04. The fraction of sp³-hybridized carbons (Fsp3) is 0.533. The molecule has 0 bridgehead atoms. The van der Waals surface area contributed by atoms with E-state index in [1.165, 1.54) is 11.3 Å². The number of para-hydroxylation sites is 1. The van der Waals surface area contributed by atoms with Crippen LogP contribution >= 0.6 is 0 Å². The van der Waals surface area contributed by atoms with E-state index >= 15 is 0 Å². The molecule has 6 nitrogen and oxygen atoms in total. The van der Waals surface area contributed by atoms with E-state index in [9.17, 15) is 0 Å². The molecule has 0 atom stereocenters. The number of hydrogen-bond acceptors (Lipinski definition) is 5. The van der Waals surface area contributed by atoms with Crippen LogP contribution in [0.1, 0.15) is 31.2 Å². The van der Waals surface area contributed by atoms with Gasteiger partial charge in [0.25, 0.3) is 0 Å². The highest BCUT2D eigenvalue weighted by Gasteiger charge is 2.22. The van der Waals surface area contributed by atoms with Crippen molar-refractivity contribution in [2.75, 3.05) is 18.6 Å². The summed E-state index contributed by atoms with van der Waals surface area (Å²) < 4.78 is 7.43. The van der Waals surface area contributed by atoms with Crippen molar-refractivity contribution in [1.82, 2.24) is 20.2 Å². The molecular weight excluding hydrogens is 266 g/mol. The average molecular weight is 287 g/mol. The lowest BCUT2D eigenvalue weighted by molar-refractivity contribution is 0.411. The second kappa shape index (κ2) is 6.11. The number of hydrogen-bond donors (Lipinski definition) is 0. The third kappa shape index (κ3) is 2.70. The number of tetrazole rings is 1. The van der Waals surface area contributed by atoms with Crippen molar-refractivity contribution in [1.29, 1.82) is 0 Å². The van der Waals surface area contributed by atoms with E-state index in [0.717, 1.165) is 50.5 Å². The van der Waals surface area contributed by atoms with Gasteiger partial charge in [0, 0.05) is 13.1 Å². The minimum Gasteiger partial charge on any atom is -0.495 e. The smallest absolute Gasteiger partial charge is 0.170 e. The van der Waals surface area contributed by atoms with Crippen molar-refractivity contribution >= 4 is 5.69 Å². The first-order valence-corrected chi connectivity index (χ1v) is 7.49. The Morgan fingerprint density at radius 3 is 3.05 bits per heavy atom. The van der Waals surface area contributed by atoms with E-state index < -0.39 is 0 Å². The molecule has 21 heavy (non-hydrogen) atoms. The minimum atomic E-state index is 0.723. The Morgan fingerprint density at radius 2 is 2.24 bits per heavy atom. The van der Waals surface area contributed by atoms with Gasteiger partial charge in [-0.15, -0.1) is 5.10 Å². The van der Waals surface area contributed by atoms with E-state index in [4.69, 9.17) is 4.74 Å². The fourth-order valence-corrected chi connectivity index (χ4v) is 2.92. The maximum absolute atomic E-state index is 5.54. The number of nitrogens with zero attached hydrogens (tertiary/aromatic N) is 5. The summed E-state index contributed by atoms with van der Waals surface area (Å²) in [6.45, 7) is 4.71. The normalized spacial score (nSPS) is 14.1. The lowest BCUT2D eigenvalue weighted by atomic mass is 10.0. The van der Waals surface area contributed by atoms with Crippen LogP contribution in [0.4, 0.5) is 5.69 Å². The van der Waals surface area contributed by atoms with Gasteiger partial charge < -0.3 is 9.64 Å². The Morgan fingerprint density at radius 1 is 1.33 bits per heavy atom. The van der Waals surface area contributed by atoms with Gasteiger partial charge in [0.05, 0.1) is 19.3 Å². The first kappa shape index (κ1) is 13.9. The van der Waals surface area contributed by atoms with E-state index in [1.54, 1.807) is 7.11 Å². The van der Waals surface area contributed by atoms with Crippen LogP contribution in [-0.2, 0) is 19.5 Å². The highest BCUT2D eigenvalue weighted by atomic mass is 16.5. The molecular formula is C15H21N5O. The molecule has 1 aliphatic heterocycles. The fourth-order valence-electron chi connectivity index (χ4n) is 2.92. The van der Waals surface area contributed by atoms with Crippen LogP contribution in [0, 0.1) is 0 Å². The zero-order valence-corrected chi connectivity index (χ0v) is 12.6. The summed E-state index contributed by atoms with van der Waals surface area (Å²) >= 11 is 0. The third-order valence-electron chi connectivity index (χ3n) is 3.87. The molecule has 0 N–H and O–H groups in total. The maximum atomic E-state index is 5.54. The Balaban J connectivity index is 1.90. The molecule has 0 radical (unpaired) electrons. The molecule has 0 aliphatic carbocycles. The number of aromatic nitrogens is 4. The average Bonchev–Trinajstić information content (AvgIpc) is 2.94. The van der Waals surface area contributed by atoms with Crippen molar-refractivity contribution in [2.24, 2.45) is 0 Å². The summed E-state index contributed by atoms with van der Waals surface area (Å²) in [5.74, 6) is 1.84. The van der Waals surface area contributed by atoms with Crippen LogP contribution in [0.25, 0.3) is 0 Å². The van der Waals surface area contributed by atoms with Crippen molar-refractivity contribution in [3.8, 4) is 5.75 Å². The van der Waals surface area contributed by atoms with Crippen molar-refractivity contribution in [2.45, 2.75) is 39.3 Å². The van der Waals surface area contributed by atoms with E-state index in [-0.39, 0.29) is 0 Å². The van der Waals surface area contributed by atoms with Crippen molar-refractivity contribution in [3.63, 3.8) is 0 Å². The zero-order chi connectivity index (χ0) is 14.7. The number of anilines is 1. The molecule has 0 saturated carbocycles. The summed E-state index contributed by atoms with van der Waals surface area (Å²) in [6.07, 6.45) is 3.27. The van der Waals surface area contributed by atoms with Crippen molar-refractivity contribution < 1.29 is 4.74 Å². The molecule has 0 saturated heterocycles. The van der Waals surface area contributed by atoms with E-state index in [2.05, 4.69) is 39.5 Å². The second-order valence-corrected chi connectivity index (χ2v) is 5.31. The number of ether oxygens (including phenoxy) is 1. The van der Waals surface area contributed by atoms with Gasteiger partial charge in [-0.25, -0.2) is 4.68 Å². The highest BCUT2D eigenvalue weighted by Crippen LogP contribution is 2.36. The predicted molar refractivity (Wildman–Crippen MR) is 80.5 cm³/mol. The molecule has 1 aliphatic rings. The van der Waals surface area contributed by atoms with Crippen LogP contribution in [-0.4, -0.2) is 33.9 Å². The molecule has 112 valence electrons. The maximum Gasteiger partial charge on any atom is 0.170 e. The van der Waals surface area contributed by atoms with Crippen LogP contribution in [0.3, 0.4) is 0 Å². The molecule has 1 aromatic heterocycles. The molecule has 6 heteroatoms. The van der Waals surface area contributed by atoms with Crippen molar-refractivity contribution in [3.05, 3.63) is 29.6 Å². The number of methoxy groups -OCH3 is 1. The Hall–Kier alpha value is -2.11. The topological polar surface area (TPSA) is 56.1 Å². The molecule has 3 rings (SSSR count). The third-order valence-corrected chi connectivity index (χ3v) is 3.87. The van der Waals surface area contributed by atoms with E-state index in [0.29, 0.717) is 0 Å². The van der Waals surface area contributed by atoms with Crippen LogP contribution in [0.15, 0.2) is 18.2 Å². The number of rotatable bonds is 5. The summed E-state index contributed by atoms with van der Waals surface area (Å²) in [5, 5.41) is 12.1. The largest absolute Gasteiger partial charge is 0.495 e. The van der Waals surface area contributed by atoms with Gasteiger partial charge in [-0.1, -0.05) is 19.1 Å². The molecule has 1 aromatic carbocycles. The number of aryl methyl sites for hydroxylation is 2. The van der Waals surface area contributed by atoms with Crippen LogP contribution in [0.5, 0.6) is 5.75 Å². The summed E-state index contributed by atoms with van der Waals surface area (Å²) in [7, 11) is 1.73. The van der Waals surface area contributed by atoms with Gasteiger partial charge in [-0.05, 0) is 41.3 Å². The summed E-state index contributed by atoms with van der Waals surface area (Å²) in [4.78, 5) is 2.33. The quantitative estimate of drug-likeness (QED) is 0.842. The molecule has 0 spiro atoms. The molecule has 2 aromatic rings. The van der Waals surface area contributed by atoms with Gasteiger partial charge in [0.2, 0.25) is 0 Å². The number of benzene rings is 1. The van der Waals surface area contributed by atoms with Crippen LogP contribution < -0.4 is 9.64 Å². The highest BCUT2D eigenvalue weighted by molar-refractivity contribution is 5.65. The molecule has 0 fully saturated rings. The monoisotopic (exact) mass is 287 g/mol. The molecule has 0 amide bonds. The van der Waals surface area contributed by atoms with Gasteiger partial charge in [0.15, 0.2) is 5.82 Å². The van der Waals surface area contributed by atoms with E-state index in [1.807, 2.05) is 10.7 Å². The first-order chi connectivity index (χ1) is 10.3. The van der Waals surface area contributed by atoms with Gasteiger partial charge in [0.1, 0.15) is 5.75 Å². The SMILES string of the molecule is CCCn1nnnc1CN1CCCc2cccc(OC)c21. The standard InChI is InChI=1S/C15H21N5O/c1-3-9-20-14(16-17-18-20)11-19-10-5-7-12-6-4-8-13(21-2)15(12)19/h4,6,8H,3,5,7,9-11H2,1-2H3. The van der Waals surface area contributed by atoms with Crippen LogP contribution in [0.2, 0.25) is 0 Å². The lowest BCUT2D eigenvalue weighted by Crippen LogP contribution is -2.30. The Labute approximate surface area is 124 Å². The minimum absolute atomic E-state index is 0.723. The summed E-state index contributed by atoms with van der Waals surface area (Å²) in [5.41, 5.74) is 2.53. The molecule has 2 heterocycles. The summed E-state index contributed by atoms with van der Waals surface area (Å²) in [6, 6.07) is 6.26. The van der Waals surface area contributed by atoms with Gasteiger partial charge >= 0.3 is 0 Å². The van der Waals surface area contributed by atoms with Gasteiger partial charge in [-0.3, -0.25) is 0 Å². The first-order valence-electron chi connectivity index (χ1n) is 7.49. The zero-order valence-electron chi connectivity index (χ0n) is 12.6.